The maximum atomic E-state index is 12.7. The average molecular weight is 737 g/mol. The van der Waals surface area contributed by atoms with Crippen molar-refractivity contribution in [3.8, 4) is 0 Å². The molecule has 8 heteroatoms. The first-order valence-electron chi connectivity index (χ1n) is 21.4. The van der Waals surface area contributed by atoms with Gasteiger partial charge in [0, 0.05) is 39.9 Å². The number of aliphatic imine (C=N–C) groups is 1. The van der Waals surface area contributed by atoms with E-state index in [4.69, 9.17) is 14.2 Å². The number of esters is 3. The number of carbonyl (C=O) groups excluding carboxylic acids is 3. The summed E-state index contributed by atoms with van der Waals surface area (Å²) in [5.74, 6) is 3.01. The Morgan fingerprint density at radius 1 is 0.538 bits per heavy atom. The van der Waals surface area contributed by atoms with Crippen LogP contribution in [0.3, 0.4) is 0 Å². The molecule has 0 bridgehead atoms. The molecule has 0 aliphatic carbocycles. The fourth-order valence-electron chi connectivity index (χ4n) is 6.44. The summed E-state index contributed by atoms with van der Waals surface area (Å²) >= 11 is 0. The molecule has 0 aromatic heterocycles. The summed E-state index contributed by atoms with van der Waals surface area (Å²) < 4.78 is 17.3. The smallest absolute Gasteiger partial charge is 0.306 e. The Kier molecular flexibility index (Phi) is 31.0. The quantitative estimate of drug-likeness (QED) is 0.0213. The molecule has 306 valence electrons. The zero-order valence-electron chi connectivity index (χ0n) is 35.7. The minimum Gasteiger partial charge on any atom is -0.465 e. The Hall–Kier alpha value is -2.12. The van der Waals surface area contributed by atoms with Crippen molar-refractivity contribution < 1.29 is 28.6 Å². The lowest BCUT2D eigenvalue weighted by Gasteiger charge is -2.21. The number of nitrogens with zero attached hydrogens (tertiary/aromatic N) is 2. The molecule has 0 N–H and O–H groups in total. The lowest BCUT2D eigenvalue weighted by molar-refractivity contribution is -0.150. The van der Waals surface area contributed by atoms with Crippen LogP contribution >= 0.6 is 0 Å². The van der Waals surface area contributed by atoms with Crippen molar-refractivity contribution in [3.63, 3.8) is 0 Å². The van der Waals surface area contributed by atoms with Crippen LogP contribution in [0.15, 0.2) is 4.99 Å². The number of carbonyl (C=O) groups is 3. The first-order chi connectivity index (χ1) is 24.7. The van der Waals surface area contributed by atoms with E-state index < -0.39 is 0 Å². The van der Waals surface area contributed by atoms with Crippen molar-refractivity contribution in [1.29, 1.82) is 0 Å². The highest BCUT2D eigenvalue weighted by Gasteiger charge is 2.18. The highest BCUT2D eigenvalue weighted by molar-refractivity contribution is 5.70. The second-order valence-corrected chi connectivity index (χ2v) is 17.0. The van der Waals surface area contributed by atoms with Gasteiger partial charge in [0.2, 0.25) is 0 Å². The number of hydrogen-bond acceptors (Lipinski definition) is 7. The Balaban J connectivity index is 4.48. The van der Waals surface area contributed by atoms with Gasteiger partial charge in [-0.25, -0.2) is 0 Å². The van der Waals surface area contributed by atoms with Gasteiger partial charge >= 0.3 is 17.9 Å². The maximum absolute atomic E-state index is 12.7. The number of hydrogen-bond donors (Lipinski definition) is 0. The van der Waals surface area contributed by atoms with E-state index in [-0.39, 0.29) is 24.0 Å². The van der Waals surface area contributed by atoms with Crippen molar-refractivity contribution in [3.05, 3.63) is 0 Å². The van der Waals surface area contributed by atoms with Gasteiger partial charge in [0.15, 0.2) is 0 Å². The first-order valence-corrected chi connectivity index (χ1v) is 21.4. The molecule has 0 heterocycles. The molecular weight excluding hydrogens is 652 g/mol. The van der Waals surface area contributed by atoms with Crippen LogP contribution < -0.4 is 0 Å². The van der Waals surface area contributed by atoms with Crippen molar-refractivity contribution in [1.82, 2.24) is 4.90 Å². The third-order valence-electron chi connectivity index (χ3n) is 10.3. The zero-order valence-corrected chi connectivity index (χ0v) is 35.7. The maximum Gasteiger partial charge on any atom is 0.306 e. The van der Waals surface area contributed by atoms with Crippen molar-refractivity contribution in [2.24, 2.45) is 40.5 Å². The molecule has 0 saturated heterocycles. The second kappa shape index (κ2) is 32.3. The van der Waals surface area contributed by atoms with Crippen LogP contribution in [-0.4, -0.2) is 69.1 Å². The Morgan fingerprint density at radius 2 is 0.942 bits per heavy atom. The molecule has 0 spiro atoms. The molecule has 0 fully saturated rings. The number of unbranched alkanes of at least 4 members (excludes halogenated alkanes) is 8. The summed E-state index contributed by atoms with van der Waals surface area (Å²) in [6.07, 6.45) is 20.2. The van der Waals surface area contributed by atoms with E-state index in [1.165, 1.54) is 12.8 Å². The molecule has 0 radical (unpaired) electrons. The molecule has 2 unspecified atom stereocenters. The monoisotopic (exact) mass is 737 g/mol. The lowest BCUT2D eigenvalue weighted by atomic mass is 9.89. The van der Waals surface area contributed by atoms with Crippen molar-refractivity contribution in [2.75, 3.05) is 33.9 Å². The van der Waals surface area contributed by atoms with Gasteiger partial charge in [-0.3, -0.25) is 19.4 Å². The minimum atomic E-state index is -0.114. The van der Waals surface area contributed by atoms with Crippen LogP contribution in [0.5, 0.6) is 0 Å². The van der Waals surface area contributed by atoms with Crippen LogP contribution in [0.4, 0.5) is 0 Å². The van der Waals surface area contributed by atoms with E-state index >= 15 is 0 Å². The zero-order chi connectivity index (χ0) is 39.1. The normalized spacial score (nSPS) is 13.7. The molecular formula is C44H84N2O6. The predicted molar refractivity (Wildman–Crippen MR) is 218 cm³/mol. The predicted octanol–water partition coefficient (Wildman–Crippen LogP) is 11.2. The van der Waals surface area contributed by atoms with Gasteiger partial charge in [-0.2, -0.15) is 0 Å². The highest BCUT2D eigenvalue weighted by atomic mass is 16.5. The van der Waals surface area contributed by atoms with Crippen LogP contribution in [0.1, 0.15) is 184 Å². The van der Waals surface area contributed by atoms with Gasteiger partial charge in [-0.15, -0.1) is 0 Å². The summed E-state index contributed by atoms with van der Waals surface area (Å²) in [4.78, 5) is 43.4. The van der Waals surface area contributed by atoms with Gasteiger partial charge in [0.1, 0.15) is 6.10 Å². The largest absolute Gasteiger partial charge is 0.465 e. The minimum absolute atomic E-state index is 0.0541. The van der Waals surface area contributed by atoms with Gasteiger partial charge in [-0.1, -0.05) is 107 Å². The van der Waals surface area contributed by atoms with Gasteiger partial charge < -0.3 is 19.1 Å². The van der Waals surface area contributed by atoms with E-state index in [1.54, 1.807) is 13.4 Å². The fourth-order valence-corrected chi connectivity index (χ4v) is 6.44. The second-order valence-electron chi connectivity index (χ2n) is 17.0. The van der Waals surface area contributed by atoms with E-state index in [0.29, 0.717) is 68.0 Å². The average Bonchev–Trinajstić information content (AvgIpc) is 3.06. The standard InChI is InChI=1S/C44H84N2O6/c1-35(2)27-29-39(37(5)6)32-50-42(47)24-19-15-11-13-17-22-41(52-44(49)26-21-31-46(10)34-45-9)23-18-14-12-16-20-25-43(48)51-33-40(38(7)8)30-28-36(3)4/h34-41H,11-33H2,1-10H3/t39-,40?,41?/m0/s1. The molecule has 0 saturated carbocycles. The van der Waals surface area contributed by atoms with Gasteiger partial charge in [0.25, 0.3) is 0 Å². The van der Waals surface area contributed by atoms with Gasteiger partial charge in [-0.05, 0) is 93.3 Å². The molecule has 3 atom stereocenters. The number of ether oxygens (including phenoxy) is 3. The van der Waals surface area contributed by atoms with Crippen LogP contribution in [0.25, 0.3) is 0 Å². The molecule has 0 aliphatic heterocycles. The Bertz CT molecular complexity index is 864. The lowest BCUT2D eigenvalue weighted by Crippen LogP contribution is -2.21. The summed E-state index contributed by atoms with van der Waals surface area (Å²) in [6, 6.07) is 0. The number of rotatable bonds is 34. The van der Waals surface area contributed by atoms with E-state index in [1.807, 2.05) is 11.9 Å². The fraction of sp³-hybridized carbons (Fsp3) is 0.909. The Labute approximate surface area is 321 Å². The van der Waals surface area contributed by atoms with E-state index in [0.717, 1.165) is 103 Å². The molecule has 0 amide bonds. The van der Waals surface area contributed by atoms with E-state index in [2.05, 4.69) is 60.4 Å². The first kappa shape index (κ1) is 49.9. The summed E-state index contributed by atoms with van der Waals surface area (Å²) in [5.41, 5.74) is 0. The topological polar surface area (TPSA) is 94.5 Å². The molecule has 0 rings (SSSR count). The molecule has 52 heavy (non-hydrogen) atoms. The molecule has 0 aromatic rings. The van der Waals surface area contributed by atoms with Gasteiger partial charge in [0.05, 0.1) is 19.6 Å². The van der Waals surface area contributed by atoms with Crippen molar-refractivity contribution >= 4 is 24.2 Å². The highest BCUT2D eigenvalue weighted by Crippen LogP contribution is 2.23. The van der Waals surface area contributed by atoms with Crippen LogP contribution in [-0.2, 0) is 28.6 Å². The third kappa shape index (κ3) is 30.4. The van der Waals surface area contributed by atoms with Crippen molar-refractivity contribution in [2.45, 2.75) is 190 Å². The molecule has 8 nitrogen and oxygen atoms in total. The Morgan fingerprint density at radius 3 is 1.35 bits per heavy atom. The summed E-state index contributed by atoms with van der Waals surface area (Å²) in [5, 5.41) is 0. The van der Waals surface area contributed by atoms with E-state index in [9.17, 15) is 14.4 Å². The molecule has 0 aromatic carbocycles. The molecule has 0 aliphatic rings. The SMILES string of the molecule is CN=CN(C)CCCC(=O)OC(CCCCCCCC(=O)OCC(CCC(C)C)C(C)C)CCCCCCCC(=O)OC[C@H](CCC(C)C)C(C)C. The third-order valence-corrected chi connectivity index (χ3v) is 10.3. The van der Waals surface area contributed by atoms with Crippen LogP contribution in [0, 0.1) is 35.5 Å². The summed E-state index contributed by atoms with van der Waals surface area (Å²) in [7, 11) is 3.70. The van der Waals surface area contributed by atoms with Crippen LogP contribution in [0.2, 0.25) is 0 Å². The summed E-state index contributed by atoms with van der Waals surface area (Å²) in [6.45, 7) is 19.7.